The van der Waals surface area contributed by atoms with Gasteiger partial charge in [-0.15, -0.1) is 10.2 Å². The van der Waals surface area contributed by atoms with Gasteiger partial charge in [0.25, 0.3) is 0 Å². The summed E-state index contributed by atoms with van der Waals surface area (Å²) in [6, 6.07) is 4.99. The quantitative estimate of drug-likeness (QED) is 0.930. The van der Waals surface area contributed by atoms with Gasteiger partial charge in [0, 0.05) is 10.0 Å². The Morgan fingerprint density at radius 1 is 1.35 bits per heavy atom. The van der Waals surface area contributed by atoms with Crippen molar-refractivity contribution in [2.75, 3.05) is 0 Å². The summed E-state index contributed by atoms with van der Waals surface area (Å²) in [7, 11) is 0. The molecule has 0 fully saturated rings. The zero-order valence-electron chi connectivity index (χ0n) is 8.35. The molecule has 0 aliphatic carbocycles. The average molecular weight is 273 g/mol. The number of aromatic carboxylic acids is 1. The second kappa shape index (κ2) is 4.73. The molecule has 1 aromatic heterocycles. The highest BCUT2D eigenvalue weighted by atomic mass is 35.5. The maximum Gasteiger partial charge on any atom is 0.393 e. The summed E-state index contributed by atoms with van der Waals surface area (Å²) in [6.07, 6.45) is 0.260. The van der Waals surface area contributed by atoms with Crippen molar-refractivity contribution in [3.8, 4) is 0 Å². The van der Waals surface area contributed by atoms with Crippen molar-refractivity contribution in [2.45, 2.75) is 6.42 Å². The summed E-state index contributed by atoms with van der Waals surface area (Å²) >= 11 is 11.7. The second-order valence-corrected chi connectivity index (χ2v) is 4.06. The van der Waals surface area contributed by atoms with Gasteiger partial charge in [-0.1, -0.05) is 29.3 Å². The van der Waals surface area contributed by atoms with E-state index in [0.29, 0.717) is 10.0 Å². The molecular weight excluding hydrogens is 267 g/mol. The fourth-order valence-electron chi connectivity index (χ4n) is 1.24. The van der Waals surface area contributed by atoms with Crippen molar-refractivity contribution in [1.82, 2.24) is 10.2 Å². The van der Waals surface area contributed by atoms with Crippen molar-refractivity contribution in [1.29, 1.82) is 0 Å². The first kappa shape index (κ1) is 11.9. The lowest BCUT2D eigenvalue weighted by molar-refractivity contribution is 0.0651. The van der Waals surface area contributed by atoms with Gasteiger partial charge in [-0.2, -0.15) is 0 Å². The van der Waals surface area contributed by atoms with Crippen LogP contribution in [0.3, 0.4) is 0 Å². The third-order valence-corrected chi connectivity index (χ3v) is 2.59. The summed E-state index contributed by atoms with van der Waals surface area (Å²) in [5, 5.41) is 16.6. The minimum atomic E-state index is -1.26. The minimum absolute atomic E-state index is 0.187. The molecule has 0 radical (unpaired) electrons. The van der Waals surface area contributed by atoms with Crippen LogP contribution in [0.15, 0.2) is 22.6 Å². The lowest BCUT2D eigenvalue weighted by Gasteiger charge is -2.00. The molecule has 1 N–H and O–H groups in total. The monoisotopic (exact) mass is 272 g/mol. The van der Waals surface area contributed by atoms with E-state index in [2.05, 4.69) is 10.2 Å². The van der Waals surface area contributed by atoms with Crippen molar-refractivity contribution in [3.05, 3.63) is 45.6 Å². The summed E-state index contributed by atoms with van der Waals surface area (Å²) in [4.78, 5) is 10.5. The van der Waals surface area contributed by atoms with Gasteiger partial charge in [0.2, 0.25) is 5.89 Å². The molecule has 0 amide bonds. The highest BCUT2D eigenvalue weighted by Gasteiger charge is 2.14. The first-order valence-electron chi connectivity index (χ1n) is 4.56. The molecule has 0 saturated carbocycles. The SMILES string of the molecule is O=C(O)c1nnc(Cc2ccc(Cl)cc2Cl)o1. The number of carbonyl (C=O) groups is 1. The van der Waals surface area contributed by atoms with Crippen LogP contribution in [-0.2, 0) is 6.42 Å². The van der Waals surface area contributed by atoms with Gasteiger partial charge >= 0.3 is 11.9 Å². The second-order valence-electron chi connectivity index (χ2n) is 3.22. The fourth-order valence-corrected chi connectivity index (χ4v) is 1.71. The Morgan fingerprint density at radius 3 is 2.71 bits per heavy atom. The first-order valence-corrected chi connectivity index (χ1v) is 5.31. The maximum atomic E-state index is 10.5. The van der Waals surface area contributed by atoms with E-state index < -0.39 is 11.9 Å². The third kappa shape index (κ3) is 2.75. The Kier molecular flexibility index (Phi) is 3.31. The van der Waals surface area contributed by atoms with E-state index in [1.807, 2.05) is 0 Å². The number of carboxylic acids is 1. The molecule has 88 valence electrons. The number of hydrogen-bond donors (Lipinski definition) is 1. The van der Waals surface area contributed by atoms with Crippen LogP contribution in [-0.4, -0.2) is 21.3 Å². The molecule has 2 rings (SSSR count). The molecule has 5 nitrogen and oxygen atoms in total. The normalized spacial score (nSPS) is 10.5. The lowest BCUT2D eigenvalue weighted by Crippen LogP contribution is -1.95. The van der Waals surface area contributed by atoms with Crippen LogP contribution in [0.2, 0.25) is 10.0 Å². The fraction of sp³-hybridized carbons (Fsp3) is 0.100. The molecule has 1 aromatic carbocycles. The molecule has 0 spiro atoms. The van der Waals surface area contributed by atoms with E-state index >= 15 is 0 Å². The predicted octanol–water partition coefficient (Wildman–Crippen LogP) is 2.67. The van der Waals surface area contributed by atoms with Crippen molar-refractivity contribution < 1.29 is 14.3 Å². The molecule has 0 aliphatic heterocycles. The zero-order valence-corrected chi connectivity index (χ0v) is 9.87. The summed E-state index contributed by atoms with van der Waals surface area (Å²) in [5.74, 6) is -1.51. The zero-order chi connectivity index (χ0) is 12.4. The van der Waals surface area contributed by atoms with Crippen LogP contribution in [0.4, 0.5) is 0 Å². The number of hydrogen-bond acceptors (Lipinski definition) is 4. The van der Waals surface area contributed by atoms with Gasteiger partial charge < -0.3 is 9.52 Å². The van der Waals surface area contributed by atoms with E-state index in [4.69, 9.17) is 32.7 Å². The van der Waals surface area contributed by atoms with Gasteiger partial charge in [0.1, 0.15) is 0 Å². The molecule has 0 unspecified atom stereocenters. The number of rotatable bonds is 3. The Bertz CT molecular complexity index is 568. The van der Waals surface area contributed by atoms with Crippen molar-refractivity contribution in [2.24, 2.45) is 0 Å². The number of carboxylic acid groups (broad SMARTS) is 1. The van der Waals surface area contributed by atoms with Crippen LogP contribution in [0.25, 0.3) is 0 Å². The molecule has 1 heterocycles. The molecule has 0 atom stereocenters. The molecular formula is C10H6Cl2N2O3. The van der Waals surface area contributed by atoms with Gasteiger partial charge in [-0.05, 0) is 17.7 Å². The summed E-state index contributed by atoms with van der Waals surface area (Å²) in [5.41, 5.74) is 0.733. The molecule has 2 aromatic rings. The molecule has 0 saturated heterocycles. The Labute approximate surface area is 106 Å². The molecule has 0 bridgehead atoms. The van der Waals surface area contributed by atoms with Crippen molar-refractivity contribution >= 4 is 29.2 Å². The largest absolute Gasteiger partial charge is 0.474 e. The van der Waals surface area contributed by atoms with Gasteiger partial charge in [-0.3, -0.25) is 0 Å². The van der Waals surface area contributed by atoms with E-state index in [0.717, 1.165) is 5.56 Å². The molecule has 17 heavy (non-hydrogen) atoms. The molecule has 7 heteroatoms. The number of benzene rings is 1. The highest BCUT2D eigenvalue weighted by molar-refractivity contribution is 6.35. The van der Waals surface area contributed by atoms with E-state index in [1.165, 1.54) is 0 Å². The topological polar surface area (TPSA) is 76.2 Å². The minimum Gasteiger partial charge on any atom is -0.474 e. The van der Waals surface area contributed by atoms with Crippen molar-refractivity contribution in [3.63, 3.8) is 0 Å². The van der Waals surface area contributed by atoms with Crippen LogP contribution < -0.4 is 0 Å². The number of nitrogens with zero attached hydrogens (tertiary/aromatic N) is 2. The first-order chi connectivity index (χ1) is 8.06. The third-order valence-electron chi connectivity index (χ3n) is 2.01. The number of halogens is 2. The predicted molar refractivity (Wildman–Crippen MR) is 60.5 cm³/mol. The lowest BCUT2D eigenvalue weighted by atomic mass is 10.1. The average Bonchev–Trinajstić information content (AvgIpc) is 2.71. The number of aromatic nitrogens is 2. The maximum absolute atomic E-state index is 10.5. The van der Waals surface area contributed by atoms with E-state index in [-0.39, 0.29) is 12.3 Å². The summed E-state index contributed by atoms with van der Waals surface area (Å²) in [6.45, 7) is 0. The van der Waals surface area contributed by atoms with Crippen LogP contribution in [0, 0.1) is 0 Å². The Morgan fingerprint density at radius 2 is 2.12 bits per heavy atom. The van der Waals surface area contributed by atoms with Crippen LogP contribution in [0.5, 0.6) is 0 Å². The van der Waals surface area contributed by atoms with Gasteiger partial charge in [0.15, 0.2) is 0 Å². The van der Waals surface area contributed by atoms with Crippen LogP contribution >= 0.6 is 23.2 Å². The van der Waals surface area contributed by atoms with E-state index in [1.54, 1.807) is 18.2 Å². The smallest absolute Gasteiger partial charge is 0.393 e. The summed E-state index contributed by atoms with van der Waals surface area (Å²) < 4.78 is 4.92. The Hall–Kier alpha value is -1.59. The van der Waals surface area contributed by atoms with Gasteiger partial charge in [-0.25, -0.2) is 4.79 Å². The molecule has 0 aliphatic rings. The van der Waals surface area contributed by atoms with Crippen LogP contribution in [0.1, 0.15) is 22.1 Å². The Balaban J connectivity index is 2.22. The highest BCUT2D eigenvalue weighted by Crippen LogP contribution is 2.23. The van der Waals surface area contributed by atoms with E-state index in [9.17, 15) is 4.79 Å². The standard InChI is InChI=1S/C10H6Cl2N2O3/c11-6-2-1-5(7(12)4-6)3-8-13-14-9(17-8)10(15)16/h1-2,4H,3H2,(H,15,16). The van der Waals surface area contributed by atoms with Gasteiger partial charge in [0.05, 0.1) is 6.42 Å².